The molecule has 0 fully saturated rings. The molecule has 8 nitrogen and oxygen atoms in total. The molecule has 0 saturated heterocycles. The molecule has 0 spiro atoms. The Hall–Kier alpha value is -2.08. The Kier molecular flexibility index (Phi) is 7.47. The number of hydrogen-bond donors (Lipinski definition) is 2. The number of aromatic nitrogens is 1. The van der Waals surface area contributed by atoms with Crippen molar-refractivity contribution in [1.29, 1.82) is 0 Å². The highest BCUT2D eigenvalue weighted by Gasteiger charge is 2.25. The highest BCUT2D eigenvalue weighted by atomic mass is 32.2. The highest BCUT2D eigenvalue weighted by molar-refractivity contribution is 7.92. The van der Waals surface area contributed by atoms with Crippen molar-refractivity contribution >= 4 is 48.3 Å². The van der Waals surface area contributed by atoms with Crippen LogP contribution in [0.2, 0.25) is 0 Å². The van der Waals surface area contributed by atoms with Gasteiger partial charge in [0.25, 0.3) is 0 Å². The molecule has 0 aliphatic rings. The molecule has 0 aliphatic carbocycles. The molecular weight excluding hydrogens is 422 g/mol. The molecule has 1 heterocycles. The van der Waals surface area contributed by atoms with Crippen molar-refractivity contribution in [3.8, 4) is 0 Å². The first-order valence-electron chi connectivity index (χ1n) is 8.20. The van der Waals surface area contributed by atoms with Gasteiger partial charge in [-0.1, -0.05) is 30.3 Å². The SMILES string of the molecule is Cc1cnc(NC(=O)C(CCS(C)(=O)=O)NS(=O)(=O)/C=C/c2ccccc2)s1. The fourth-order valence-corrected chi connectivity index (χ4v) is 4.52. The van der Waals surface area contributed by atoms with Crippen LogP contribution in [0.4, 0.5) is 5.13 Å². The molecule has 0 radical (unpaired) electrons. The molecule has 1 unspecified atom stereocenters. The molecule has 1 amide bonds. The number of hydrogen-bond acceptors (Lipinski definition) is 7. The number of carbonyl (C=O) groups excluding carboxylic acids is 1. The van der Waals surface area contributed by atoms with Crippen LogP contribution in [0.3, 0.4) is 0 Å². The predicted octanol–water partition coefficient (Wildman–Crippen LogP) is 1.78. The Labute approximate surface area is 168 Å². The summed E-state index contributed by atoms with van der Waals surface area (Å²) in [6.45, 7) is 1.81. The lowest BCUT2D eigenvalue weighted by Crippen LogP contribution is -2.44. The monoisotopic (exact) mass is 443 g/mol. The van der Waals surface area contributed by atoms with Gasteiger partial charge in [0.2, 0.25) is 15.9 Å². The Morgan fingerprint density at radius 2 is 1.89 bits per heavy atom. The second-order valence-electron chi connectivity index (χ2n) is 6.11. The summed E-state index contributed by atoms with van der Waals surface area (Å²) in [5.41, 5.74) is 0.670. The van der Waals surface area contributed by atoms with Gasteiger partial charge < -0.3 is 5.32 Å². The quantitative estimate of drug-likeness (QED) is 0.609. The van der Waals surface area contributed by atoms with E-state index in [0.29, 0.717) is 10.7 Å². The maximum absolute atomic E-state index is 12.5. The lowest BCUT2D eigenvalue weighted by atomic mass is 10.2. The number of amides is 1. The number of nitrogens with one attached hydrogen (secondary N) is 2. The molecule has 2 N–H and O–H groups in total. The topological polar surface area (TPSA) is 122 Å². The number of aryl methyl sites for hydroxylation is 1. The van der Waals surface area contributed by atoms with Crippen molar-refractivity contribution in [2.24, 2.45) is 0 Å². The van der Waals surface area contributed by atoms with E-state index in [4.69, 9.17) is 0 Å². The number of sulfone groups is 1. The van der Waals surface area contributed by atoms with Crippen molar-refractivity contribution in [2.45, 2.75) is 19.4 Å². The van der Waals surface area contributed by atoms with E-state index < -0.39 is 31.8 Å². The van der Waals surface area contributed by atoms with E-state index >= 15 is 0 Å². The molecule has 1 aromatic heterocycles. The maximum atomic E-state index is 12.5. The molecule has 152 valence electrons. The lowest BCUT2D eigenvalue weighted by molar-refractivity contribution is -0.117. The minimum absolute atomic E-state index is 0.201. The van der Waals surface area contributed by atoms with Crippen molar-refractivity contribution in [3.05, 3.63) is 52.4 Å². The number of carbonyl (C=O) groups is 1. The Bertz CT molecular complexity index is 1040. The molecule has 2 aromatic rings. The van der Waals surface area contributed by atoms with Gasteiger partial charge in [0.1, 0.15) is 15.9 Å². The van der Waals surface area contributed by atoms with E-state index in [1.165, 1.54) is 17.4 Å². The summed E-state index contributed by atoms with van der Waals surface area (Å²) < 4.78 is 49.9. The Morgan fingerprint density at radius 3 is 2.46 bits per heavy atom. The second-order valence-corrected chi connectivity index (χ2v) is 11.2. The van der Waals surface area contributed by atoms with Crippen LogP contribution < -0.4 is 10.0 Å². The van der Waals surface area contributed by atoms with Crippen LogP contribution in [-0.2, 0) is 24.7 Å². The largest absolute Gasteiger partial charge is 0.301 e. The summed E-state index contributed by atoms with van der Waals surface area (Å²) in [5, 5.41) is 3.77. The average Bonchev–Trinajstić information content (AvgIpc) is 3.02. The van der Waals surface area contributed by atoms with E-state index in [2.05, 4.69) is 15.0 Å². The molecule has 1 aromatic carbocycles. The van der Waals surface area contributed by atoms with Crippen LogP contribution in [0.15, 0.2) is 41.9 Å². The van der Waals surface area contributed by atoms with E-state index in [1.54, 1.807) is 36.5 Å². The zero-order valence-electron chi connectivity index (χ0n) is 15.3. The van der Waals surface area contributed by atoms with Gasteiger partial charge in [-0.15, -0.1) is 11.3 Å². The van der Waals surface area contributed by atoms with Crippen LogP contribution in [0.25, 0.3) is 6.08 Å². The third-order valence-corrected chi connectivity index (χ3v) is 6.40. The van der Waals surface area contributed by atoms with Gasteiger partial charge >= 0.3 is 0 Å². The predicted molar refractivity (Wildman–Crippen MR) is 111 cm³/mol. The molecule has 0 bridgehead atoms. The molecular formula is C17H21N3O5S3. The van der Waals surface area contributed by atoms with Gasteiger partial charge in [-0.2, -0.15) is 4.72 Å². The zero-order chi connectivity index (χ0) is 20.8. The van der Waals surface area contributed by atoms with Crippen molar-refractivity contribution in [2.75, 3.05) is 17.3 Å². The van der Waals surface area contributed by atoms with Crippen LogP contribution in [-0.4, -0.2) is 45.8 Å². The van der Waals surface area contributed by atoms with Crippen molar-refractivity contribution in [3.63, 3.8) is 0 Å². The van der Waals surface area contributed by atoms with Crippen molar-refractivity contribution in [1.82, 2.24) is 9.71 Å². The zero-order valence-corrected chi connectivity index (χ0v) is 17.8. The van der Waals surface area contributed by atoms with Gasteiger partial charge in [-0.25, -0.2) is 21.8 Å². The number of rotatable bonds is 9. The number of nitrogens with zero attached hydrogens (tertiary/aromatic N) is 1. The van der Waals surface area contributed by atoms with Gasteiger partial charge in [0.15, 0.2) is 5.13 Å². The molecule has 28 heavy (non-hydrogen) atoms. The third-order valence-electron chi connectivity index (χ3n) is 3.49. The van der Waals surface area contributed by atoms with Crippen molar-refractivity contribution < 1.29 is 21.6 Å². The van der Waals surface area contributed by atoms with Crippen LogP contribution in [0, 0.1) is 6.92 Å². The minimum Gasteiger partial charge on any atom is -0.301 e. The summed E-state index contributed by atoms with van der Waals surface area (Å²) in [4.78, 5) is 17.4. The normalized spacial score (nSPS) is 13.5. The number of benzene rings is 1. The van der Waals surface area contributed by atoms with E-state index in [-0.39, 0.29) is 12.2 Å². The molecule has 11 heteroatoms. The first kappa shape index (κ1) is 22.2. The van der Waals surface area contributed by atoms with Crippen LogP contribution in [0.1, 0.15) is 16.9 Å². The Morgan fingerprint density at radius 1 is 1.21 bits per heavy atom. The molecule has 0 saturated carbocycles. The molecule has 0 aliphatic heterocycles. The van der Waals surface area contributed by atoms with E-state index in [9.17, 15) is 21.6 Å². The van der Waals surface area contributed by atoms with E-state index in [1.807, 2.05) is 6.92 Å². The van der Waals surface area contributed by atoms with Gasteiger partial charge in [0, 0.05) is 22.7 Å². The Balaban J connectivity index is 2.15. The van der Waals surface area contributed by atoms with Crippen LogP contribution >= 0.6 is 11.3 Å². The van der Waals surface area contributed by atoms with Crippen LogP contribution in [0.5, 0.6) is 0 Å². The summed E-state index contributed by atoms with van der Waals surface area (Å²) in [6.07, 6.45) is 3.78. The smallest absolute Gasteiger partial charge is 0.244 e. The maximum Gasteiger partial charge on any atom is 0.244 e. The first-order chi connectivity index (χ1) is 13.0. The van der Waals surface area contributed by atoms with Gasteiger partial charge in [-0.3, -0.25) is 4.79 Å². The fraction of sp³-hybridized carbons (Fsp3) is 0.294. The van der Waals surface area contributed by atoms with Gasteiger partial charge in [-0.05, 0) is 25.0 Å². The summed E-state index contributed by atoms with van der Waals surface area (Å²) in [6, 6.07) is 7.52. The number of sulfonamides is 1. The second kappa shape index (κ2) is 9.41. The third kappa shape index (κ3) is 7.89. The standard InChI is InChI=1S/C17H21N3O5S3/c1-13-12-18-17(26-13)19-16(21)15(9-10-27(2,22)23)20-28(24,25)11-8-14-6-4-3-5-7-14/h3-8,11-12,15,20H,9-10H2,1-2H3,(H,18,19,21)/b11-8+. The first-order valence-corrected chi connectivity index (χ1v) is 12.6. The number of thiazole rings is 1. The fourth-order valence-electron chi connectivity index (χ4n) is 2.15. The lowest BCUT2D eigenvalue weighted by Gasteiger charge is -2.16. The minimum atomic E-state index is -3.98. The molecule has 1 atom stereocenters. The summed E-state index contributed by atoms with van der Waals surface area (Å²) >= 11 is 1.23. The summed E-state index contributed by atoms with van der Waals surface area (Å²) in [7, 11) is -7.36. The van der Waals surface area contributed by atoms with Gasteiger partial charge in [0.05, 0.1) is 5.75 Å². The average molecular weight is 444 g/mol. The highest BCUT2D eigenvalue weighted by Crippen LogP contribution is 2.17. The molecule has 2 rings (SSSR count). The number of anilines is 1. The summed E-state index contributed by atoms with van der Waals surface area (Å²) in [5.74, 6) is -1.01. The van der Waals surface area contributed by atoms with E-state index in [0.717, 1.165) is 16.5 Å².